The normalized spacial score (nSPS) is 14.0. The summed E-state index contributed by atoms with van der Waals surface area (Å²) in [5, 5.41) is 14.2. The molecule has 2 aromatic rings. The predicted octanol–water partition coefficient (Wildman–Crippen LogP) is 3.88. The zero-order valence-corrected chi connectivity index (χ0v) is 19.7. The van der Waals surface area contributed by atoms with Gasteiger partial charge in [0, 0.05) is 24.8 Å². The standard InChI is InChI=1S/C25H30N2O5S/c1-3-25(2,23(30)26-12-13-33-15-22(28)29)16-27-24(31)32-14-21-19-10-6-4-8-17(19)18-9-5-7-11-20(18)21/h4-11,21H,3,12-16H2,1-2H3,(H,26,30)(H,27,31)(H,28,29). The molecule has 0 aromatic heterocycles. The van der Waals surface area contributed by atoms with E-state index in [9.17, 15) is 14.4 Å². The topological polar surface area (TPSA) is 105 Å². The Labute approximate surface area is 198 Å². The van der Waals surface area contributed by atoms with Crippen molar-refractivity contribution in [2.75, 3.05) is 31.2 Å². The molecular formula is C25H30N2O5S. The summed E-state index contributed by atoms with van der Waals surface area (Å²) in [4.78, 5) is 35.6. The number of carbonyl (C=O) groups excluding carboxylic acids is 2. The first-order valence-electron chi connectivity index (χ1n) is 11.0. The Bertz CT molecular complexity index is 966. The lowest BCUT2D eigenvalue weighted by molar-refractivity contribution is -0.134. The van der Waals surface area contributed by atoms with E-state index < -0.39 is 17.5 Å². The predicted molar refractivity (Wildman–Crippen MR) is 129 cm³/mol. The smallest absolute Gasteiger partial charge is 0.407 e. The molecule has 0 saturated heterocycles. The van der Waals surface area contributed by atoms with Gasteiger partial charge >= 0.3 is 12.1 Å². The van der Waals surface area contributed by atoms with Crippen LogP contribution in [0.5, 0.6) is 0 Å². The summed E-state index contributed by atoms with van der Waals surface area (Å²) in [5.41, 5.74) is 3.83. The highest BCUT2D eigenvalue weighted by Gasteiger charge is 2.32. The van der Waals surface area contributed by atoms with Gasteiger partial charge < -0.3 is 20.5 Å². The van der Waals surface area contributed by atoms with E-state index in [4.69, 9.17) is 9.84 Å². The van der Waals surface area contributed by atoms with Gasteiger partial charge in [-0.05, 0) is 35.6 Å². The van der Waals surface area contributed by atoms with E-state index in [1.54, 1.807) is 6.92 Å². The van der Waals surface area contributed by atoms with E-state index in [0.717, 1.165) is 11.1 Å². The maximum atomic E-state index is 12.6. The van der Waals surface area contributed by atoms with Crippen molar-refractivity contribution in [1.29, 1.82) is 0 Å². The number of hydrogen-bond acceptors (Lipinski definition) is 5. The first-order chi connectivity index (χ1) is 15.9. The van der Waals surface area contributed by atoms with Crippen LogP contribution in [-0.2, 0) is 14.3 Å². The number of rotatable bonds is 11. The van der Waals surface area contributed by atoms with Gasteiger partial charge in [0.2, 0.25) is 5.91 Å². The molecule has 0 bridgehead atoms. The molecule has 0 aliphatic heterocycles. The fraction of sp³-hybridized carbons (Fsp3) is 0.400. The quantitative estimate of drug-likeness (QED) is 0.431. The molecular weight excluding hydrogens is 440 g/mol. The van der Waals surface area contributed by atoms with Crippen LogP contribution in [-0.4, -0.2) is 54.3 Å². The number of carboxylic acid groups (broad SMARTS) is 1. The first kappa shape index (κ1) is 24.6. The van der Waals surface area contributed by atoms with Crippen molar-refractivity contribution in [1.82, 2.24) is 10.6 Å². The van der Waals surface area contributed by atoms with E-state index in [-0.39, 0.29) is 30.7 Å². The van der Waals surface area contributed by atoms with Crippen molar-refractivity contribution >= 4 is 29.7 Å². The van der Waals surface area contributed by atoms with Gasteiger partial charge in [0.05, 0.1) is 11.2 Å². The average molecular weight is 471 g/mol. The van der Waals surface area contributed by atoms with Gasteiger partial charge in [-0.2, -0.15) is 0 Å². The minimum atomic E-state index is -0.878. The van der Waals surface area contributed by atoms with Gasteiger partial charge in [-0.1, -0.05) is 55.5 Å². The zero-order chi connectivity index (χ0) is 23.8. The fourth-order valence-electron chi connectivity index (χ4n) is 3.89. The minimum Gasteiger partial charge on any atom is -0.481 e. The molecule has 0 saturated carbocycles. The molecule has 3 rings (SSSR count). The maximum Gasteiger partial charge on any atom is 0.407 e. The lowest BCUT2D eigenvalue weighted by atomic mass is 9.86. The Balaban J connectivity index is 1.50. The van der Waals surface area contributed by atoms with Crippen LogP contribution in [0, 0.1) is 5.41 Å². The third-order valence-corrected chi connectivity index (χ3v) is 7.00. The summed E-state index contributed by atoms with van der Waals surface area (Å²) in [7, 11) is 0. The van der Waals surface area contributed by atoms with Crippen LogP contribution < -0.4 is 10.6 Å². The Hall–Kier alpha value is -3.00. The lowest BCUT2D eigenvalue weighted by Gasteiger charge is -2.27. The van der Waals surface area contributed by atoms with E-state index >= 15 is 0 Å². The monoisotopic (exact) mass is 470 g/mol. The maximum absolute atomic E-state index is 12.6. The van der Waals surface area contributed by atoms with Crippen molar-refractivity contribution < 1.29 is 24.2 Å². The molecule has 1 aliphatic rings. The third kappa shape index (κ3) is 6.07. The fourth-order valence-corrected chi connectivity index (χ4v) is 4.46. The SMILES string of the molecule is CCC(C)(CNC(=O)OCC1c2ccccc2-c2ccccc21)C(=O)NCCSCC(=O)O. The van der Waals surface area contributed by atoms with Gasteiger partial charge in [0.25, 0.3) is 0 Å². The van der Waals surface area contributed by atoms with E-state index in [2.05, 4.69) is 34.9 Å². The molecule has 1 atom stereocenters. The first-order valence-corrected chi connectivity index (χ1v) is 12.2. The van der Waals surface area contributed by atoms with E-state index in [1.807, 2.05) is 31.2 Å². The molecule has 0 radical (unpaired) electrons. The highest BCUT2D eigenvalue weighted by Crippen LogP contribution is 2.44. The Morgan fingerprint density at radius 3 is 2.21 bits per heavy atom. The molecule has 2 amide bonds. The van der Waals surface area contributed by atoms with Crippen molar-refractivity contribution in [3.63, 3.8) is 0 Å². The molecule has 1 unspecified atom stereocenters. The number of amides is 2. The van der Waals surface area contributed by atoms with Gasteiger partial charge in [-0.25, -0.2) is 4.79 Å². The second-order valence-electron chi connectivity index (χ2n) is 8.30. The van der Waals surface area contributed by atoms with Gasteiger partial charge in [0.15, 0.2) is 0 Å². The zero-order valence-electron chi connectivity index (χ0n) is 18.9. The molecule has 33 heavy (non-hydrogen) atoms. The highest BCUT2D eigenvalue weighted by atomic mass is 32.2. The average Bonchev–Trinajstić information content (AvgIpc) is 3.14. The molecule has 2 aromatic carbocycles. The second kappa shape index (κ2) is 11.2. The van der Waals surface area contributed by atoms with Gasteiger partial charge in [-0.15, -0.1) is 11.8 Å². The second-order valence-corrected chi connectivity index (χ2v) is 9.40. The minimum absolute atomic E-state index is 0.00422. The summed E-state index contributed by atoms with van der Waals surface area (Å²) in [6.07, 6.45) is -0.0218. The number of carbonyl (C=O) groups is 3. The number of aliphatic carboxylic acids is 1. The van der Waals surface area contributed by atoms with Crippen LogP contribution >= 0.6 is 11.8 Å². The number of hydrogen-bond donors (Lipinski definition) is 3. The van der Waals surface area contributed by atoms with Gasteiger partial charge in [0.1, 0.15) is 6.61 Å². The van der Waals surface area contributed by atoms with Crippen LogP contribution in [0.15, 0.2) is 48.5 Å². The van der Waals surface area contributed by atoms with Crippen LogP contribution in [0.3, 0.4) is 0 Å². The third-order valence-electron chi connectivity index (χ3n) is 6.05. The molecule has 8 heteroatoms. The van der Waals surface area contributed by atoms with Crippen LogP contribution in [0.25, 0.3) is 11.1 Å². The number of benzene rings is 2. The summed E-state index contributed by atoms with van der Waals surface area (Å²) in [5.74, 6) is -0.564. The molecule has 0 heterocycles. The summed E-state index contributed by atoms with van der Waals surface area (Å²) < 4.78 is 5.55. The lowest BCUT2D eigenvalue weighted by Crippen LogP contribution is -2.47. The molecule has 176 valence electrons. The largest absolute Gasteiger partial charge is 0.481 e. The van der Waals surface area contributed by atoms with E-state index in [0.29, 0.717) is 18.7 Å². The Morgan fingerprint density at radius 2 is 1.64 bits per heavy atom. The summed E-state index contributed by atoms with van der Waals surface area (Å²) in [6.45, 7) is 4.41. The molecule has 3 N–H and O–H groups in total. The molecule has 7 nitrogen and oxygen atoms in total. The molecule has 0 spiro atoms. The number of fused-ring (bicyclic) bond motifs is 3. The number of alkyl carbamates (subject to hydrolysis) is 1. The van der Waals surface area contributed by atoms with Crippen LogP contribution in [0.1, 0.15) is 37.3 Å². The Kier molecular flexibility index (Phi) is 8.38. The van der Waals surface area contributed by atoms with Crippen molar-refractivity contribution in [2.45, 2.75) is 26.2 Å². The van der Waals surface area contributed by atoms with Crippen molar-refractivity contribution in [3.05, 3.63) is 59.7 Å². The van der Waals surface area contributed by atoms with Crippen molar-refractivity contribution in [3.8, 4) is 11.1 Å². The number of thioether (sulfide) groups is 1. The molecule has 1 aliphatic carbocycles. The summed E-state index contributed by atoms with van der Waals surface area (Å²) >= 11 is 1.24. The number of ether oxygens (including phenoxy) is 1. The van der Waals surface area contributed by atoms with E-state index in [1.165, 1.54) is 22.9 Å². The molecule has 0 fully saturated rings. The van der Waals surface area contributed by atoms with Crippen LogP contribution in [0.4, 0.5) is 4.79 Å². The summed E-state index contributed by atoms with van der Waals surface area (Å²) in [6, 6.07) is 16.3. The number of carboxylic acids is 1. The Morgan fingerprint density at radius 1 is 1.03 bits per heavy atom. The van der Waals surface area contributed by atoms with Crippen LogP contribution in [0.2, 0.25) is 0 Å². The van der Waals surface area contributed by atoms with Crippen molar-refractivity contribution in [2.24, 2.45) is 5.41 Å². The highest BCUT2D eigenvalue weighted by molar-refractivity contribution is 7.99. The van der Waals surface area contributed by atoms with Gasteiger partial charge in [-0.3, -0.25) is 9.59 Å². The number of nitrogens with one attached hydrogen (secondary N) is 2.